The number of amides is 1. The molecule has 0 saturated carbocycles. The molecule has 0 aliphatic rings. The number of carbonyl (C=O) groups is 1. The molecule has 0 bridgehead atoms. The summed E-state index contributed by atoms with van der Waals surface area (Å²) in [6.07, 6.45) is 0. The zero-order valence-corrected chi connectivity index (χ0v) is 16.5. The molecule has 0 saturated heterocycles. The summed E-state index contributed by atoms with van der Waals surface area (Å²) in [5.74, 6) is 0.345. The number of ether oxygens (including phenoxy) is 2. The minimum atomic E-state index is -0.312. The summed E-state index contributed by atoms with van der Waals surface area (Å²) in [5.41, 5.74) is 14.1. The van der Waals surface area contributed by atoms with Crippen molar-refractivity contribution in [2.45, 2.75) is 6.92 Å². The molecule has 1 aromatic heterocycles. The predicted molar refractivity (Wildman–Crippen MR) is 113 cm³/mol. The van der Waals surface area contributed by atoms with Crippen LogP contribution >= 0.6 is 0 Å². The van der Waals surface area contributed by atoms with Crippen LogP contribution < -0.4 is 26.3 Å². The number of nitrogen functional groups attached to an aromatic ring is 2. The van der Waals surface area contributed by atoms with Crippen LogP contribution in [0.1, 0.15) is 11.1 Å². The molecule has 9 heteroatoms. The molecular weight excluding hydrogens is 384 g/mol. The number of aryl methyl sites for hydroxylation is 1. The van der Waals surface area contributed by atoms with Gasteiger partial charge in [-0.1, -0.05) is 17.7 Å². The van der Waals surface area contributed by atoms with E-state index in [4.69, 9.17) is 20.9 Å². The van der Waals surface area contributed by atoms with Gasteiger partial charge in [0.2, 0.25) is 5.95 Å². The van der Waals surface area contributed by atoms with Gasteiger partial charge >= 0.3 is 0 Å². The second-order valence-electron chi connectivity index (χ2n) is 6.37. The molecule has 0 radical (unpaired) electrons. The highest BCUT2D eigenvalue weighted by molar-refractivity contribution is 5.91. The van der Waals surface area contributed by atoms with Crippen molar-refractivity contribution in [3.05, 3.63) is 53.6 Å². The number of nitriles is 1. The lowest BCUT2D eigenvalue weighted by molar-refractivity contribution is -0.118. The molecule has 0 aliphatic carbocycles. The van der Waals surface area contributed by atoms with Crippen LogP contribution in [0, 0.1) is 18.3 Å². The molecule has 0 aliphatic heterocycles. The Kier molecular flexibility index (Phi) is 5.98. The molecule has 0 unspecified atom stereocenters. The second-order valence-corrected chi connectivity index (χ2v) is 6.37. The Hall–Kier alpha value is -4.32. The Morgan fingerprint density at radius 2 is 1.87 bits per heavy atom. The van der Waals surface area contributed by atoms with Gasteiger partial charge in [-0.25, -0.2) is 4.98 Å². The number of hydrogen-bond acceptors (Lipinski definition) is 8. The van der Waals surface area contributed by atoms with Crippen LogP contribution in [0.25, 0.3) is 11.3 Å². The molecule has 1 amide bonds. The highest BCUT2D eigenvalue weighted by Gasteiger charge is 2.16. The van der Waals surface area contributed by atoms with Gasteiger partial charge in [-0.05, 0) is 37.3 Å². The minimum Gasteiger partial charge on any atom is -0.493 e. The Morgan fingerprint density at radius 1 is 1.13 bits per heavy atom. The molecule has 1 heterocycles. The van der Waals surface area contributed by atoms with Crippen LogP contribution in [0.2, 0.25) is 0 Å². The van der Waals surface area contributed by atoms with Crippen LogP contribution in [-0.2, 0) is 4.79 Å². The quantitative estimate of drug-likeness (QED) is 0.567. The van der Waals surface area contributed by atoms with Crippen LogP contribution in [0.4, 0.5) is 17.5 Å². The average molecular weight is 404 g/mol. The smallest absolute Gasteiger partial charge is 0.262 e. The van der Waals surface area contributed by atoms with Crippen molar-refractivity contribution < 1.29 is 14.3 Å². The van der Waals surface area contributed by atoms with E-state index in [1.54, 1.807) is 18.2 Å². The first kappa shape index (κ1) is 20.4. The van der Waals surface area contributed by atoms with Crippen molar-refractivity contribution in [3.8, 4) is 28.8 Å². The van der Waals surface area contributed by atoms with Gasteiger partial charge in [-0.2, -0.15) is 10.2 Å². The first-order chi connectivity index (χ1) is 14.4. The lowest BCUT2D eigenvalue weighted by Gasteiger charge is -2.13. The third-order valence-electron chi connectivity index (χ3n) is 4.20. The zero-order valence-electron chi connectivity index (χ0n) is 16.5. The predicted octanol–water partition coefficient (Wildman–Crippen LogP) is 2.51. The van der Waals surface area contributed by atoms with E-state index in [1.807, 2.05) is 37.3 Å². The number of nitrogens with zero attached hydrogens (tertiary/aromatic N) is 3. The summed E-state index contributed by atoms with van der Waals surface area (Å²) in [6.45, 7) is 1.76. The monoisotopic (exact) mass is 404 g/mol. The molecule has 0 atom stereocenters. The Balaban J connectivity index is 1.77. The van der Waals surface area contributed by atoms with Crippen molar-refractivity contribution in [2.24, 2.45) is 0 Å². The van der Waals surface area contributed by atoms with E-state index in [0.29, 0.717) is 22.7 Å². The standard InChI is InChI=1S/C21H20N6O3/c1-12-3-6-14(7-4-12)25-18(28)11-30-16-8-5-13(9-17(16)29-2)19-15(10-22)20(23)27-21(24)26-19/h3-9H,11H2,1-2H3,(H,25,28)(H4,23,24,26,27). The van der Waals surface area contributed by atoms with Crippen molar-refractivity contribution in [1.29, 1.82) is 5.26 Å². The third-order valence-corrected chi connectivity index (χ3v) is 4.20. The Bertz CT molecular complexity index is 1120. The van der Waals surface area contributed by atoms with Crippen LogP contribution in [0.5, 0.6) is 11.5 Å². The van der Waals surface area contributed by atoms with Crippen molar-refractivity contribution in [2.75, 3.05) is 30.5 Å². The third kappa shape index (κ3) is 4.56. The molecule has 5 N–H and O–H groups in total. The van der Waals surface area contributed by atoms with E-state index in [1.165, 1.54) is 7.11 Å². The summed E-state index contributed by atoms with van der Waals surface area (Å²) >= 11 is 0. The average Bonchev–Trinajstić information content (AvgIpc) is 2.73. The summed E-state index contributed by atoms with van der Waals surface area (Å²) in [7, 11) is 1.46. The highest BCUT2D eigenvalue weighted by Crippen LogP contribution is 2.34. The Labute approximate surface area is 173 Å². The highest BCUT2D eigenvalue weighted by atomic mass is 16.5. The summed E-state index contributed by atoms with van der Waals surface area (Å²) < 4.78 is 11.0. The van der Waals surface area contributed by atoms with Gasteiger partial charge in [0.1, 0.15) is 17.5 Å². The first-order valence-electron chi connectivity index (χ1n) is 8.92. The fourth-order valence-corrected chi connectivity index (χ4v) is 2.73. The number of nitrogens with one attached hydrogen (secondary N) is 1. The minimum absolute atomic E-state index is 0.00734. The topological polar surface area (TPSA) is 149 Å². The number of methoxy groups -OCH3 is 1. The molecular formula is C21H20N6O3. The summed E-state index contributed by atoms with van der Waals surface area (Å²) in [6, 6.07) is 14.3. The van der Waals surface area contributed by atoms with E-state index >= 15 is 0 Å². The second kappa shape index (κ2) is 8.79. The molecule has 30 heavy (non-hydrogen) atoms. The number of nitrogens with two attached hydrogens (primary N) is 2. The maximum Gasteiger partial charge on any atom is 0.262 e. The number of carbonyl (C=O) groups excluding carboxylic acids is 1. The maximum absolute atomic E-state index is 12.2. The lowest BCUT2D eigenvalue weighted by atomic mass is 10.1. The zero-order chi connectivity index (χ0) is 21.7. The van der Waals surface area contributed by atoms with Gasteiger partial charge in [0, 0.05) is 11.3 Å². The molecule has 152 valence electrons. The summed E-state index contributed by atoms with van der Waals surface area (Å²) in [5, 5.41) is 12.1. The fraction of sp³-hybridized carbons (Fsp3) is 0.143. The van der Waals surface area contributed by atoms with E-state index in [0.717, 1.165) is 5.56 Å². The Morgan fingerprint density at radius 3 is 2.53 bits per heavy atom. The van der Waals surface area contributed by atoms with E-state index in [2.05, 4.69) is 15.3 Å². The largest absolute Gasteiger partial charge is 0.493 e. The van der Waals surface area contributed by atoms with Gasteiger partial charge in [0.15, 0.2) is 18.1 Å². The molecule has 2 aromatic carbocycles. The number of anilines is 3. The SMILES string of the molecule is COc1cc(-c2nc(N)nc(N)c2C#N)ccc1OCC(=O)Nc1ccc(C)cc1. The van der Waals surface area contributed by atoms with E-state index in [9.17, 15) is 10.1 Å². The van der Waals surface area contributed by atoms with E-state index in [-0.39, 0.29) is 35.5 Å². The number of hydrogen-bond donors (Lipinski definition) is 3. The number of aromatic nitrogens is 2. The molecule has 0 fully saturated rings. The van der Waals surface area contributed by atoms with Gasteiger partial charge in [-0.15, -0.1) is 0 Å². The van der Waals surface area contributed by atoms with Gasteiger partial charge in [0.25, 0.3) is 5.91 Å². The van der Waals surface area contributed by atoms with E-state index < -0.39 is 0 Å². The molecule has 3 aromatic rings. The summed E-state index contributed by atoms with van der Waals surface area (Å²) in [4.78, 5) is 20.1. The molecule has 3 rings (SSSR count). The van der Waals surface area contributed by atoms with Gasteiger partial charge in [0.05, 0.1) is 12.8 Å². The van der Waals surface area contributed by atoms with Crippen LogP contribution in [0.3, 0.4) is 0 Å². The first-order valence-corrected chi connectivity index (χ1v) is 8.92. The number of benzene rings is 2. The maximum atomic E-state index is 12.2. The fourth-order valence-electron chi connectivity index (χ4n) is 2.73. The van der Waals surface area contributed by atoms with Crippen LogP contribution in [0.15, 0.2) is 42.5 Å². The van der Waals surface area contributed by atoms with Crippen molar-refractivity contribution in [1.82, 2.24) is 9.97 Å². The van der Waals surface area contributed by atoms with Crippen molar-refractivity contribution >= 4 is 23.4 Å². The number of rotatable bonds is 6. The molecule has 9 nitrogen and oxygen atoms in total. The lowest BCUT2D eigenvalue weighted by Crippen LogP contribution is -2.20. The van der Waals surface area contributed by atoms with Gasteiger partial charge < -0.3 is 26.3 Å². The normalized spacial score (nSPS) is 10.2. The van der Waals surface area contributed by atoms with Crippen molar-refractivity contribution in [3.63, 3.8) is 0 Å². The molecule has 0 spiro atoms. The van der Waals surface area contributed by atoms with Gasteiger partial charge in [-0.3, -0.25) is 4.79 Å². The van der Waals surface area contributed by atoms with Crippen LogP contribution in [-0.4, -0.2) is 29.6 Å².